The number of methoxy groups -OCH3 is 2. The summed E-state index contributed by atoms with van der Waals surface area (Å²) in [6.45, 7) is 0.760. The molecule has 1 aromatic carbocycles. The molecule has 1 aliphatic carbocycles. The van der Waals surface area contributed by atoms with E-state index in [0.717, 1.165) is 53.1 Å². The number of furan rings is 1. The minimum Gasteiger partial charge on any atom is -0.493 e. The highest BCUT2D eigenvalue weighted by Gasteiger charge is 2.22. The zero-order chi connectivity index (χ0) is 15.5. The summed E-state index contributed by atoms with van der Waals surface area (Å²) in [4.78, 5) is 0. The summed E-state index contributed by atoms with van der Waals surface area (Å²) in [5.41, 5.74) is 2.44. The number of hydrogen-bond acceptors (Lipinski definition) is 4. The third kappa shape index (κ3) is 3.01. The van der Waals surface area contributed by atoms with Gasteiger partial charge in [-0.05, 0) is 36.6 Å². The molecule has 1 atom stereocenters. The molecule has 1 aliphatic rings. The number of nitrogens with one attached hydrogen (secondary N) is 1. The molecule has 22 heavy (non-hydrogen) atoms. The second-order valence-corrected chi connectivity index (χ2v) is 6.28. The summed E-state index contributed by atoms with van der Waals surface area (Å²) in [6.07, 6.45) is 5.13. The number of benzene rings is 1. The van der Waals surface area contributed by atoms with Gasteiger partial charge in [-0.2, -0.15) is 0 Å². The molecule has 0 bridgehead atoms. The maximum Gasteiger partial charge on any atom is 0.161 e. The van der Waals surface area contributed by atoms with Gasteiger partial charge in [0.25, 0.3) is 0 Å². The Kier molecular flexibility index (Phi) is 4.74. The van der Waals surface area contributed by atoms with Crippen LogP contribution in [0.4, 0.5) is 0 Å². The molecule has 0 radical (unpaired) electrons. The zero-order valence-electron chi connectivity index (χ0n) is 12.8. The van der Waals surface area contributed by atoms with Crippen LogP contribution in [0.5, 0.6) is 11.5 Å². The third-order valence-electron chi connectivity index (χ3n) is 4.14. The fraction of sp³-hybridized carbons (Fsp3) is 0.412. The lowest BCUT2D eigenvalue weighted by Crippen LogP contribution is -2.24. The Hall–Kier alpha value is -1.46. The summed E-state index contributed by atoms with van der Waals surface area (Å²) in [5, 5.41) is 3.62. The standard InChI is InChI=1S/C17H20BrNO3/c1-20-16-8-11(13(18)9-17(16)21-2)10-19-14-4-3-5-15-12(14)6-7-22-15/h6-9,14,19H,3-5,10H2,1-2H3. The summed E-state index contributed by atoms with van der Waals surface area (Å²) >= 11 is 3.61. The van der Waals surface area contributed by atoms with E-state index in [0.29, 0.717) is 6.04 Å². The molecular formula is C17H20BrNO3. The van der Waals surface area contributed by atoms with Crippen LogP contribution in [-0.4, -0.2) is 14.2 Å². The van der Waals surface area contributed by atoms with Gasteiger partial charge in [-0.15, -0.1) is 0 Å². The maximum atomic E-state index is 5.54. The van der Waals surface area contributed by atoms with Crippen molar-refractivity contribution in [1.82, 2.24) is 5.32 Å². The molecule has 1 aromatic heterocycles. The van der Waals surface area contributed by atoms with Crippen molar-refractivity contribution in [3.8, 4) is 11.5 Å². The van der Waals surface area contributed by atoms with Crippen LogP contribution in [0.1, 0.15) is 35.8 Å². The van der Waals surface area contributed by atoms with E-state index in [-0.39, 0.29) is 0 Å². The fourth-order valence-electron chi connectivity index (χ4n) is 2.96. The Balaban J connectivity index is 1.75. The largest absolute Gasteiger partial charge is 0.493 e. The van der Waals surface area contributed by atoms with E-state index in [1.807, 2.05) is 12.1 Å². The van der Waals surface area contributed by atoms with Gasteiger partial charge in [-0.3, -0.25) is 0 Å². The Morgan fingerprint density at radius 1 is 1.27 bits per heavy atom. The van der Waals surface area contributed by atoms with Crippen molar-refractivity contribution < 1.29 is 13.9 Å². The molecule has 4 nitrogen and oxygen atoms in total. The number of rotatable bonds is 5. The molecule has 118 valence electrons. The van der Waals surface area contributed by atoms with Crippen LogP contribution >= 0.6 is 15.9 Å². The first-order valence-electron chi connectivity index (χ1n) is 7.43. The van der Waals surface area contributed by atoms with Crippen LogP contribution in [0.25, 0.3) is 0 Å². The highest BCUT2D eigenvalue weighted by molar-refractivity contribution is 9.10. The highest BCUT2D eigenvalue weighted by atomic mass is 79.9. The summed E-state index contributed by atoms with van der Waals surface area (Å²) in [6, 6.07) is 6.38. The van der Waals surface area contributed by atoms with E-state index >= 15 is 0 Å². The normalized spacial score (nSPS) is 17.1. The molecule has 2 aromatic rings. The van der Waals surface area contributed by atoms with Crippen molar-refractivity contribution >= 4 is 15.9 Å². The topological polar surface area (TPSA) is 43.6 Å². The van der Waals surface area contributed by atoms with Gasteiger partial charge in [0.1, 0.15) is 5.76 Å². The predicted molar refractivity (Wildman–Crippen MR) is 88.5 cm³/mol. The molecular weight excluding hydrogens is 346 g/mol. The minimum absolute atomic E-state index is 0.350. The van der Waals surface area contributed by atoms with E-state index in [1.165, 1.54) is 5.56 Å². The van der Waals surface area contributed by atoms with Crippen molar-refractivity contribution in [3.63, 3.8) is 0 Å². The Bertz CT molecular complexity index is 653. The Morgan fingerprint density at radius 2 is 2.05 bits per heavy atom. The molecule has 0 amide bonds. The fourth-order valence-corrected chi connectivity index (χ4v) is 3.43. The van der Waals surface area contributed by atoms with Crippen molar-refractivity contribution in [2.75, 3.05) is 14.2 Å². The van der Waals surface area contributed by atoms with Crippen LogP contribution in [0.15, 0.2) is 33.4 Å². The monoisotopic (exact) mass is 365 g/mol. The predicted octanol–water partition coefficient (Wildman–Crippen LogP) is 4.23. The molecule has 1 N–H and O–H groups in total. The maximum absolute atomic E-state index is 5.54. The molecule has 1 heterocycles. The van der Waals surface area contributed by atoms with Gasteiger partial charge in [0.05, 0.1) is 20.5 Å². The Morgan fingerprint density at radius 3 is 2.82 bits per heavy atom. The van der Waals surface area contributed by atoms with E-state index in [1.54, 1.807) is 20.5 Å². The second kappa shape index (κ2) is 6.75. The van der Waals surface area contributed by atoms with Gasteiger partial charge in [-0.25, -0.2) is 0 Å². The van der Waals surface area contributed by atoms with Gasteiger partial charge in [0.15, 0.2) is 11.5 Å². The van der Waals surface area contributed by atoms with Gasteiger partial charge in [-0.1, -0.05) is 15.9 Å². The number of aryl methyl sites for hydroxylation is 1. The van der Waals surface area contributed by atoms with Crippen LogP contribution < -0.4 is 14.8 Å². The lowest BCUT2D eigenvalue weighted by molar-refractivity contribution is 0.353. The number of ether oxygens (including phenoxy) is 2. The summed E-state index contributed by atoms with van der Waals surface area (Å²) < 4.78 is 17.3. The van der Waals surface area contributed by atoms with Crippen LogP contribution in [-0.2, 0) is 13.0 Å². The average molecular weight is 366 g/mol. The van der Waals surface area contributed by atoms with E-state index in [2.05, 4.69) is 27.3 Å². The van der Waals surface area contributed by atoms with Crippen LogP contribution in [0.3, 0.4) is 0 Å². The van der Waals surface area contributed by atoms with E-state index < -0.39 is 0 Å². The van der Waals surface area contributed by atoms with Crippen LogP contribution in [0, 0.1) is 0 Å². The quantitative estimate of drug-likeness (QED) is 0.860. The third-order valence-corrected chi connectivity index (χ3v) is 4.88. The first kappa shape index (κ1) is 15.4. The molecule has 1 unspecified atom stereocenters. The van der Waals surface area contributed by atoms with Crippen molar-refractivity contribution in [3.05, 3.63) is 45.8 Å². The first-order chi connectivity index (χ1) is 10.7. The van der Waals surface area contributed by atoms with Crippen LogP contribution in [0.2, 0.25) is 0 Å². The van der Waals surface area contributed by atoms with Gasteiger partial charge in [0, 0.05) is 29.0 Å². The lowest BCUT2D eigenvalue weighted by Gasteiger charge is -2.23. The molecule has 5 heteroatoms. The zero-order valence-corrected chi connectivity index (χ0v) is 14.4. The first-order valence-corrected chi connectivity index (χ1v) is 8.22. The van der Waals surface area contributed by atoms with Gasteiger partial charge >= 0.3 is 0 Å². The molecule has 0 spiro atoms. The molecule has 0 saturated heterocycles. The van der Waals surface area contributed by atoms with Crippen molar-refractivity contribution in [2.45, 2.75) is 31.8 Å². The smallest absolute Gasteiger partial charge is 0.161 e. The lowest BCUT2D eigenvalue weighted by atomic mass is 9.93. The molecule has 0 aliphatic heterocycles. The Labute approximate surface area is 138 Å². The van der Waals surface area contributed by atoms with E-state index in [4.69, 9.17) is 13.9 Å². The van der Waals surface area contributed by atoms with E-state index in [9.17, 15) is 0 Å². The van der Waals surface area contributed by atoms with Gasteiger partial charge in [0.2, 0.25) is 0 Å². The molecule has 0 fully saturated rings. The number of fused-ring (bicyclic) bond motifs is 1. The molecule has 3 rings (SSSR count). The average Bonchev–Trinajstić information content (AvgIpc) is 3.02. The number of halogens is 1. The number of hydrogen-bond donors (Lipinski definition) is 1. The molecule has 0 saturated carbocycles. The summed E-state index contributed by atoms with van der Waals surface area (Å²) in [7, 11) is 3.30. The SMILES string of the molecule is COc1cc(Br)c(CNC2CCCc3occc32)cc1OC. The summed E-state index contributed by atoms with van der Waals surface area (Å²) in [5.74, 6) is 2.60. The highest BCUT2D eigenvalue weighted by Crippen LogP contribution is 2.35. The van der Waals surface area contributed by atoms with Gasteiger partial charge < -0.3 is 19.2 Å². The van der Waals surface area contributed by atoms with Crippen molar-refractivity contribution in [1.29, 1.82) is 0 Å². The second-order valence-electron chi connectivity index (χ2n) is 5.42. The van der Waals surface area contributed by atoms with Crippen molar-refractivity contribution in [2.24, 2.45) is 0 Å². The minimum atomic E-state index is 0.350.